The molecule has 1 aromatic heterocycles. The number of nitrogens with zero attached hydrogens (tertiary/aromatic N) is 3. The van der Waals surface area contributed by atoms with Gasteiger partial charge in [0.1, 0.15) is 5.82 Å². The maximum Gasteiger partial charge on any atom is 0.126 e. The number of likely N-dealkylation sites (N-methyl/N-ethyl adjacent to an activating group) is 1. The molecular weight excluding hydrogens is 248 g/mol. The first-order valence-corrected chi connectivity index (χ1v) is 7.89. The maximum atomic E-state index is 4.70. The highest BCUT2D eigenvalue weighted by Gasteiger charge is 2.22. The van der Waals surface area contributed by atoms with Crippen molar-refractivity contribution in [2.75, 3.05) is 38.0 Å². The van der Waals surface area contributed by atoms with Gasteiger partial charge in [0, 0.05) is 38.8 Å². The minimum atomic E-state index is 0.648. The molecule has 1 N–H and O–H groups in total. The van der Waals surface area contributed by atoms with E-state index in [-0.39, 0.29) is 0 Å². The second-order valence-corrected chi connectivity index (χ2v) is 5.65. The van der Waals surface area contributed by atoms with E-state index in [0.717, 1.165) is 45.0 Å². The zero-order valence-corrected chi connectivity index (χ0v) is 13.1. The fraction of sp³-hybridized carbons (Fsp3) is 0.688. The summed E-state index contributed by atoms with van der Waals surface area (Å²) in [6, 6.07) is 6.94. The lowest BCUT2D eigenvalue weighted by Gasteiger charge is -2.39. The van der Waals surface area contributed by atoms with Crippen LogP contribution in [0.15, 0.2) is 18.2 Å². The number of rotatable bonds is 6. The standard InChI is InChI=1S/C16H28N4/c1-4-9-17-16-8-6-7-15(18-16)13-19-10-11-20(5-2)14(3)12-19/h6-8,14H,4-5,9-13H2,1-3H3,(H,17,18). The maximum absolute atomic E-state index is 4.70. The molecule has 0 saturated carbocycles. The molecule has 20 heavy (non-hydrogen) atoms. The molecule has 0 radical (unpaired) electrons. The van der Waals surface area contributed by atoms with Gasteiger partial charge in [-0.25, -0.2) is 4.98 Å². The Balaban J connectivity index is 1.90. The molecule has 0 aliphatic carbocycles. The van der Waals surface area contributed by atoms with Gasteiger partial charge >= 0.3 is 0 Å². The average molecular weight is 276 g/mol. The number of hydrogen-bond donors (Lipinski definition) is 1. The number of anilines is 1. The quantitative estimate of drug-likeness (QED) is 0.864. The fourth-order valence-electron chi connectivity index (χ4n) is 2.83. The van der Waals surface area contributed by atoms with Crippen molar-refractivity contribution >= 4 is 5.82 Å². The molecular formula is C16H28N4. The second-order valence-electron chi connectivity index (χ2n) is 5.65. The summed E-state index contributed by atoms with van der Waals surface area (Å²) in [5.74, 6) is 1.00. The first kappa shape index (κ1) is 15.3. The first-order valence-electron chi connectivity index (χ1n) is 7.89. The first-order chi connectivity index (χ1) is 9.72. The summed E-state index contributed by atoms with van der Waals surface area (Å²) in [5.41, 5.74) is 1.17. The van der Waals surface area contributed by atoms with Crippen LogP contribution in [0.3, 0.4) is 0 Å². The Morgan fingerprint density at radius 3 is 2.85 bits per heavy atom. The summed E-state index contributed by atoms with van der Waals surface area (Å²) in [7, 11) is 0. The lowest BCUT2D eigenvalue weighted by molar-refractivity contribution is 0.0827. The summed E-state index contributed by atoms with van der Waals surface area (Å²) < 4.78 is 0. The molecule has 0 bridgehead atoms. The molecule has 0 aromatic carbocycles. The van der Waals surface area contributed by atoms with E-state index in [0.29, 0.717) is 6.04 Å². The van der Waals surface area contributed by atoms with Gasteiger partial charge in [-0.1, -0.05) is 19.9 Å². The van der Waals surface area contributed by atoms with Crippen LogP contribution < -0.4 is 5.32 Å². The van der Waals surface area contributed by atoms with E-state index < -0.39 is 0 Å². The van der Waals surface area contributed by atoms with Gasteiger partial charge in [0.25, 0.3) is 0 Å². The Kier molecular flexibility index (Phi) is 5.80. The van der Waals surface area contributed by atoms with E-state index in [9.17, 15) is 0 Å². The third-order valence-electron chi connectivity index (χ3n) is 4.00. The van der Waals surface area contributed by atoms with Gasteiger partial charge in [0.15, 0.2) is 0 Å². The van der Waals surface area contributed by atoms with Crippen molar-refractivity contribution in [1.29, 1.82) is 0 Å². The molecule has 0 amide bonds. The van der Waals surface area contributed by atoms with Crippen molar-refractivity contribution in [3.05, 3.63) is 23.9 Å². The van der Waals surface area contributed by atoms with E-state index in [1.54, 1.807) is 0 Å². The Hall–Kier alpha value is -1.13. The van der Waals surface area contributed by atoms with Crippen molar-refractivity contribution in [3.63, 3.8) is 0 Å². The number of piperazine rings is 1. The largest absolute Gasteiger partial charge is 0.370 e. The van der Waals surface area contributed by atoms with Gasteiger partial charge in [0.05, 0.1) is 5.69 Å². The van der Waals surface area contributed by atoms with Gasteiger partial charge in [0.2, 0.25) is 0 Å². The van der Waals surface area contributed by atoms with Crippen molar-refractivity contribution in [1.82, 2.24) is 14.8 Å². The predicted molar refractivity (Wildman–Crippen MR) is 85.0 cm³/mol. The van der Waals surface area contributed by atoms with Gasteiger partial charge < -0.3 is 5.32 Å². The smallest absolute Gasteiger partial charge is 0.126 e. The van der Waals surface area contributed by atoms with Gasteiger partial charge in [-0.05, 0) is 32.0 Å². The van der Waals surface area contributed by atoms with Gasteiger partial charge in [-0.3, -0.25) is 9.80 Å². The van der Waals surface area contributed by atoms with Crippen LogP contribution in [0.2, 0.25) is 0 Å². The van der Waals surface area contributed by atoms with E-state index in [1.165, 1.54) is 12.2 Å². The average Bonchev–Trinajstić information content (AvgIpc) is 2.46. The summed E-state index contributed by atoms with van der Waals surface area (Å²) in [6.45, 7) is 13.3. The third kappa shape index (κ3) is 4.18. The monoisotopic (exact) mass is 276 g/mol. The molecule has 1 atom stereocenters. The van der Waals surface area contributed by atoms with Crippen LogP contribution in [0.25, 0.3) is 0 Å². The lowest BCUT2D eigenvalue weighted by atomic mass is 10.2. The summed E-state index contributed by atoms with van der Waals surface area (Å²) in [4.78, 5) is 9.76. The van der Waals surface area contributed by atoms with Crippen LogP contribution >= 0.6 is 0 Å². The van der Waals surface area contributed by atoms with Crippen molar-refractivity contribution in [2.24, 2.45) is 0 Å². The highest BCUT2D eigenvalue weighted by Crippen LogP contribution is 2.13. The predicted octanol–water partition coefficient (Wildman–Crippen LogP) is 2.43. The van der Waals surface area contributed by atoms with E-state index in [4.69, 9.17) is 4.98 Å². The van der Waals surface area contributed by atoms with E-state index >= 15 is 0 Å². The second kappa shape index (κ2) is 7.60. The topological polar surface area (TPSA) is 31.4 Å². The van der Waals surface area contributed by atoms with Crippen LogP contribution in [-0.2, 0) is 6.54 Å². The molecule has 1 fully saturated rings. The minimum Gasteiger partial charge on any atom is -0.370 e. The van der Waals surface area contributed by atoms with Crippen LogP contribution in [-0.4, -0.2) is 53.5 Å². The van der Waals surface area contributed by atoms with Gasteiger partial charge in [-0.15, -0.1) is 0 Å². The van der Waals surface area contributed by atoms with Crippen LogP contribution in [0.4, 0.5) is 5.82 Å². The summed E-state index contributed by atoms with van der Waals surface area (Å²) >= 11 is 0. The molecule has 112 valence electrons. The normalized spacial score (nSPS) is 21.1. The van der Waals surface area contributed by atoms with E-state index in [2.05, 4.69) is 54.1 Å². The van der Waals surface area contributed by atoms with Crippen molar-refractivity contribution in [2.45, 2.75) is 39.8 Å². The molecule has 1 unspecified atom stereocenters. The fourth-order valence-corrected chi connectivity index (χ4v) is 2.83. The Bertz CT molecular complexity index is 407. The van der Waals surface area contributed by atoms with Crippen LogP contribution in [0, 0.1) is 0 Å². The Labute approximate surface area is 123 Å². The zero-order valence-electron chi connectivity index (χ0n) is 13.1. The number of aromatic nitrogens is 1. The molecule has 0 spiro atoms. The van der Waals surface area contributed by atoms with Crippen LogP contribution in [0.1, 0.15) is 32.9 Å². The molecule has 2 rings (SSSR count). The van der Waals surface area contributed by atoms with Crippen molar-refractivity contribution in [3.8, 4) is 0 Å². The molecule has 4 heteroatoms. The number of nitrogens with one attached hydrogen (secondary N) is 1. The molecule has 1 aliphatic heterocycles. The Morgan fingerprint density at radius 1 is 1.30 bits per heavy atom. The molecule has 4 nitrogen and oxygen atoms in total. The van der Waals surface area contributed by atoms with E-state index in [1.807, 2.05) is 0 Å². The molecule has 1 saturated heterocycles. The molecule has 2 heterocycles. The zero-order chi connectivity index (χ0) is 14.4. The lowest BCUT2D eigenvalue weighted by Crippen LogP contribution is -2.51. The summed E-state index contributed by atoms with van der Waals surface area (Å²) in [5, 5.41) is 3.36. The molecule has 1 aromatic rings. The highest BCUT2D eigenvalue weighted by atomic mass is 15.3. The third-order valence-corrected chi connectivity index (χ3v) is 4.00. The Morgan fingerprint density at radius 2 is 2.15 bits per heavy atom. The number of pyridine rings is 1. The molecule has 1 aliphatic rings. The summed E-state index contributed by atoms with van der Waals surface area (Å²) in [6.07, 6.45) is 1.13. The minimum absolute atomic E-state index is 0.648. The van der Waals surface area contributed by atoms with Gasteiger partial charge in [-0.2, -0.15) is 0 Å². The number of hydrogen-bond acceptors (Lipinski definition) is 4. The SMILES string of the molecule is CCCNc1cccc(CN2CCN(CC)C(C)C2)n1. The van der Waals surface area contributed by atoms with Crippen molar-refractivity contribution < 1.29 is 0 Å². The van der Waals surface area contributed by atoms with Crippen LogP contribution in [0.5, 0.6) is 0 Å². The highest BCUT2D eigenvalue weighted by molar-refractivity contribution is 5.35.